The topological polar surface area (TPSA) is 171 Å². The van der Waals surface area contributed by atoms with Gasteiger partial charge in [-0.1, -0.05) is 29.6 Å². The van der Waals surface area contributed by atoms with Crippen molar-refractivity contribution < 1.29 is 24.4 Å². The Kier molecular flexibility index (Phi) is 10.8. The van der Waals surface area contributed by atoms with E-state index in [1.54, 1.807) is 0 Å². The second-order valence-electron chi connectivity index (χ2n) is 6.23. The molecule has 1 amide bonds. The highest BCUT2D eigenvalue weighted by atomic mass is 35.5. The maximum atomic E-state index is 12.0. The monoisotopic (exact) mass is 450 g/mol. The number of esters is 1. The van der Waals surface area contributed by atoms with Crippen LogP contribution in [-0.2, 0) is 14.3 Å². The van der Waals surface area contributed by atoms with Crippen molar-refractivity contribution in [2.45, 2.75) is 42.3 Å². The van der Waals surface area contributed by atoms with Crippen LogP contribution in [0.1, 0.15) is 30.9 Å². The molecule has 0 spiro atoms. The van der Waals surface area contributed by atoms with Crippen molar-refractivity contribution in [2.24, 2.45) is 11.5 Å². The number of nitro groups is 1. The number of aliphatic hydroxyl groups excluding tert-OH is 1. The van der Waals surface area contributed by atoms with Gasteiger partial charge >= 0.3 is 5.97 Å². The van der Waals surface area contributed by atoms with Gasteiger partial charge in [0.2, 0.25) is 0 Å². The zero-order valence-electron chi connectivity index (χ0n) is 15.5. The number of carbonyl (C=O) groups is 2. The Morgan fingerprint density at radius 3 is 2.38 bits per heavy atom. The van der Waals surface area contributed by atoms with E-state index in [0.29, 0.717) is 25.8 Å². The van der Waals surface area contributed by atoms with Crippen molar-refractivity contribution in [2.75, 3.05) is 13.2 Å². The van der Waals surface area contributed by atoms with Crippen molar-refractivity contribution in [1.82, 2.24) is 5.32 Å². The molecule has 0 radical (unpaired) electrons. The van der Waals surface area contributed by atoms with Crippen LogP contribution >= 0.6 is 23.2 Å². The van der Waals surface area contributed by atoms with E-state index in [0.717, 1.165) is 0 Å². The molecule has 0 saturated carbocycles. The minimum absolute atomic E-state index is 0.169. The number of carbonyl (C=O) groups excluding carboxylic acids is 2. The van der Waals surface area contributed by atoms with Crippen LogP contribution in [-0.4, -0.2) is 52.0 Å². The van der Waals surface area contributed by atoms with E-state index in [4.69, 9.17) is 39.4 Å². The maximum absolute atomic E-state index is 12.0. The standard InChI is InChI=1S/C17H24Cl2N4O6/c18-15(19)16(25)22-13(9-29-17(26)12(21)3-1-2-8-20)14(24)10-4-6-11(7-5-10)23(27)28/h4-7,12-15,24H,1-3,8-9,20-21H2,(H,22,25)/t12-,13+,14+/m0/s1. The summed E-state index contributed by atoms with van der Waals surface area (Å²) in [4.78, 5) is 32.6. The molecular formula is C17H24Cl2N4O6. The summed E-state index contributed by atoms with van der Waals surface area (Å²) in [7, 11) is 0. The highest BCUT2D eigenvalue weighted by molar-refractivity contribution is 6.53. The Bertz CT molecular complexity index is 689. The number of alkyl halides is 2. The van der Waals surface area contributed by atoms with Crippen molar-refractivity contribution in [3.8, 4) is 0 Å². The first-order valence-electron chi connectivity index (χ1n) is 8.80. The van der Waals surface area contributed by atoms with Gasteiger partial charge in [0, 0.05) is 12.1 Å². The molecule has 0 aliphatic carbocycles. The number of hydrogen-bond acceptors (Lipinski definition) is 8. The number of halogens is 2. The highest BCUT2D eigenvalue weighted by Crippen LogP contribution is 2.21. The summed E-state index contributed by atoms with van der Waals surface area (Å²) < 4.78 is 5.12. The number of benzene rings is 1. The zero-order chi connectivity index (χ0) is 22.0. The number of rotatable bonds is 12. The number of nitrogens with two attached hydrogens (primary N) is 2. The molecule has 0 saturated heterocycles. The minimum atomic E-state index is -1.41. The van der Waals surface area contributed by atoms with Crippen LogP contribution in [0.15, 0.2) is 24.3 Å². The lowest BCUT2D eigenvalue weighted by atomic mass is 10.0. The van der Waals surface area contributed by atoms with Crippen LogP contribution in [0, 0.1) is 10.1 Å². The third-order valence-corrected chi connectivity index (χ3v) is 4.43. The van der Waals surface area contributed by atoms with E-state index in [-0.39, 0.29) is 11.3 Å². The van der Waals surface area contributed by atoms with Crippen LogP contribution in [0.2, 0.25) is 0 Å². The number of amides is 1. The van der Waals surface area contributed by atoms with Gasteiger partial charge in [-0.2, -0.15) is 0 Å². The molecule has 1 aromatic rings. The number of non-ortho nitro benzene ring substituents is 1. The number of hydrogen-bond donors (Lipinski definition) is 4. The van der Waals surface area contributed by atoms with E-state index in [2.05, 4.69) is 5.32 Å². The first-order valence-corrected chi connectivity index (χ1v) is 9.67. The molecule has 0 fully saturated rings. The lowest BCUT2D eigenvalue weighted by Gasteiger charge is -2.25. The molecule has 0 aliphatic rings. The predicted molar refractivity (Wildman–Crippen MR) is 107 cm³/mol. The average molecular weight is 451 g/mol. The Hall–Kier alpha value is -1.98. The third-order valence-electron chi connectivity index (χ3n) is 4.03. The van der Waals surface area contributed by atoms with Crippen molar-refractivity contribution in [3.63, 3.8) is 0 Å². The molecule has 1 rings (SSSR count). The van der Waals surface area contributed by atoms with Crippen LogP contribution in [0.3, 0.4) is 0 Å². The summed E-state index contributed by atoms with van der Waals surface area (Å²) in [5.41, 5.74) is 11.2. The van der Waals surface area contributed by atoms with Crippen LogP contribution in [0.5, 0.6) is 0 Å². The number of nitro benzene ring substituents is 1. The van der Waals surface area contributed by atoms with Crippen molar-refractivity contribution >= 4 is 40.8 Å². The Morgan fingerprint density at radius 2 is 1.86 bits per heavy atom. The Morgan fingerprint density at radius 1 is 1.24 bits per heavy atom. The second kappa shape index (κ2) is 12.6. The number of aliphatic hydroxyl groups is 1. The van der Waals surface area contributed by atoms with E-state index in [1.807, 2.05) is 0 Å². The van der Waals surface area contributed by atoms with Crippen LogP contribution < -0.4 is 16.8 Å². The molecule has 0 unspecified atom stereocenters. The molecule has 0 aromatic heterocycles. The first-order chi connectivity index (χ1) is 13.7. The molecule has 1 aromatic carbocycles. The van der Waals surface area contributed by atoms with Gasteiger partial charge in [0.05, 0.1) is 11.0 Å². The largest absolute Gasteiger partial charge is 0.462 e. The fourth-order valence-electron chi connectivity index (χ4n) is 2.39. The van der Waals surface area contributed by atoms with E-state index in [9.17, 15) is 24.8 Å². The van der Waals surface area contributed by atoms with E-state index in [1.165, 1.54) is 24.3 Å². The van der Waals surface area contributed by atoms with Gasteiger partial charge in [-0.15, -0.1) is 0 Å². The van der Waals surface area contributed by atoms with Crippen LogP contribution in [0.4, 0.5) is 5.69 Å². The zero-order valence-corrected chi connectivity index (χ0v) is 17.0. The molecule has 162 valence electrons. The number of nitrogens with one attached hydrogen (secondary N) is 1. The summed E-state index contributed by atoms with van der Waals surface area (Å²) in [5.74, 6) is -1.51. The molecule has 6 N–H and O–H groups in total. The summed E-state index contributed by atoms with van der Waals surface area (Å²) in [5, 5.41) is 23.7. The van der Waals surface area contributed by atoms with Gasteiger partial charge in [0.15, 0.2) is 4.84 Å². The summed E-state index contributed by atoms with van der Waals surface area (Å²) >= 11 is 11.0. The fraction of sp³-hybridized carbons (Fsp3) is 0.529. The number of unbranched alkanes of at least 4 members (excludes halogenated alkanes) is 1. The molecule has 29 heavy (non-hydrogen) atoms. The summed E-state index contributed by atoms with van der Waals surface area (Å²) in [6, 6.07) is 3.06. The van der Waals surface area contributed by atoms with Gasteiger partial charge in [-0.25, -0.2) is 0 Å². The van der Waals surface area contributed by atoms with Gasteiger partial charge < -0.3 is 26.6 Å². The smallest absolute Gasteiger partial charge is 0.322 e. The van der Waals surface area contributed by atoms with Gasteiger partial charge in [0.25, 0.3) is 11.6 Å². The number of ether oxygens (including phenoxy) is 1. The Labute approximate surface area is 177 Å². The summed E-state index contributed by atoms with van der Waals surface area (Å²) in [6.45, 7) is 0.0726. The SMILES string of the molecule is NCCCC[C@H](N)C(=O)OC[C@@H](NC(=O)C(Cl)Cl)[C@H](O)c1ccc([N+](=O)[O-])cc1. The van der Waals surface area contributed by atoms with E-state index < -0.39 is 46.4 Å². The minimum Gasteiger partial charge on any atom is -0.462 e. The second-order valence-corrected chi connectivity index (χ2v) is 7.33. The lowest BCUT2D eigenvalue weighted by Crippen LogP contribution is -2.46. The Balaban J connectivity index is 2.83. The molecule has 3 atom stereocenters. The van der Waals surface area contributed by atoms with Crippen LogP contribution in [0.25, 0.3) is 0 Å². The van der Waals surface area contributed by atoms with Gasteiger partial charge in [-0.05, 0) is 37.1 Å². The first kappa shape index (κ1) is 25.1. The summed E-state index contributed by atoms with van der Waals surface area (Å²) in [6.07, 6.45) is 0.390. The molecule has 0 bridgehead atoms. The van der Waals surface area contributed by atoms with Gasteiger partial charge in [0.1, 0.15) is 18.8 Å². The molecular weight excluding hydrogens is 427 g/mol. The molecule has 0 aliphatic heterocycles. The number of nitrogens with zero attached hydrogens (tertiary/aromatic N) is 1. The average Bonchev–Trinajstić information content (AvgIpc) is 2.70. The lowest BCUT2D eigenvalue weighted by molar-refractivity contribution is -0.384. The van der Waals surface area contributed by atoms with Gasteiger partial charge in [-0.3, -0.25) is 19.7 Å². The van der Waals surface area contributed by atoms with Crippen molar-refractivity contribution in [3.05, 3.63) is 39.9 Å². The molecule has 0 heterocycles. The normalized spacial score (nSPS) is 14.1. The quantitative estimate of drug-likeness (QED) is 0.119. The fourth-order valence-corrected chi connectivity index (χ4v) is 2.51. The molecule has 10 nitrogen and oxygen atoms in total. The van der Waals surface area contributed by atoms with E-state index >= 15 is 0 Å². The van der Waals surface area contributed by atoms with Crippen molar-refractivity contribution in [1.29, 1.82) is 0 Å². The maximum Gasteiger partial charge on any atom is 0.322 e. The highest BCUT2D eigenvalue weighted by Gasteiger charge is 2.28. The predicted octanol–water partition coefficient (Wildman–Crippen LogP) is 0.916. The molecule has 12 heteroatoms. The third kappa shape index (κ3) is 8.50.